The molecule has 5 nitrogen and oxygen atoms in total. The molecule has 1 aromatic carbocycles. The second-order valence-electron chi connectivity index (χ2n) is 3.06. The molecular formula is C10H7ClN2O3. The zero-order chi connectivity index (χ0) is 12.3. The van der Waals surface area contributed by atoms with Crippen LogP contribution in [0.15, 0.2) is 12.1 Å². The number of nitrogens with zero attached hydrogens (tertiary/aromatic N) is 2. The summed E-state index contributed by atoms with van der Waals surface area (Å²) in [6.45, 7) is 1.43. The van der Waals surface area contributed by atoms with Crippen LogP contribution in [-0.2, 0) is 0 Å². The number of ketones is 1. The van der Waals surface area contributed by atoms with Gasteiger partial charge in [-0.1, -0.05) is 0 Å². The summed E-state index contributed by atoms with van der Waals surface area (Å²) in [5.41, 5.74) is 0.127. The van der Waals surface area contributed by atoms with E-state index in [1.165, 1.54) is 19.1 Å². The lowest BCUT2D eigenvalue weighted by Crippen LogP contribution is -2.08. The summed E-state index contributed by atoms with van der Waals surface area (Å²) in [5, 5.41) is 19.5. The van der Waals surface area contributed by atoms with Crippen molar-refractivity contribution in [2.24, 2.45) is 0 Å². The molecule has 0 N–H and O–H groups in total. The highest BCUT2D eigenvalue weighted by atomic mass is 35.5. The number of halogens is 1. The zero-order valence-electron chi connectivity index (χ0n) is 8.36. The Hall–Kier alpha value is -1.93. The van der Waals surface area contributed by atoms with Gasteiger partial charge in [-0.15, -0.1) is 11.6 Å². The number of nitriles is 1. The van der Waals surface area contributed by atoms with Crippen molar-refractivity contribution in [3.8, 4) is 6.07 Å². The second kappa shape index (κ2) is 4.73. The lowest BCUT2D eigenvalue weighted by molar-refractivity contribution is -0.385. The van der Waals surface area contributed by atoms with Crippen LogP contribution >= 0.6 is 11.6 Å². The number of alkyl halides is 1. The third kappa shape index (κ3) is 2.02. The first-order chi connectivity index (χ1) is 7.52. The fourth-order valence-corrected chi connectivity index (χ4v) is 1.55. The lowest BCUT2D eigenvalue weighted by atomic mass is 9.98. The standard InChI is InChI=1S/C10H7ClN2O3/c1-6-8(13(15)16)3-2-7(5-12)10(6)9(14)4-11/h2-3H,4H2,1H3. The molecule has 0 saturated heterocycles. The quantitative estimate of drug-likeness (QED) is 0.350. The molecule has 0 aliphatic carbocycles. The van der Waals surface area contributed by atoms with Crippen LogP contribution in [0.25, 0.3) is 0 Å². The number of benzene rings is 1. The summed E-state index contributed by atoms with van der Waals surface area (Å²) in [6.07, 6.45) is 0. The van der Waals surface area contributed by atoms with Gasteiger partial charge in [0.15, 0.2) is 5.78 Å². The first-order valence-corrected chi connectivity index (χ1v) is 4.83. The minimum absolute atomic E-state index is 0.0340. The molecule has 82 valence electrons. The van der Waals surface area contributed by atoms with Gasteiger partial charge in [-0.2, -0.15) is 5.26 Å². The maximum atomic E-state index is 11.5. The second-order valence-corrected chi connectivity index (χ2v) is 3.33. The van der Waals surface area contributed by atoms with Gasteiger partial charge in [0, 0.05) is 17.2 Å². The Kier molecular flexibility index (Phi) is 3.59. The number of rotatable bonds is 3. The third-order valence-electron chi connectivity index (χ3n) is 2.15. The number of carbonyl (C=O) groups excluding carboxylic acids is 1. The summed E-state index contributed by atoms with van der Waals surface area (Å²) < 4.78 is 0. The average Bonchev–Trinajstić information content (AvgIpc) is 2.26. The molecule has 0 spiro atoms. The number of hydrogen-bond acceptors (Lipinski definition) is 4. The predicted molar refractivity (Wildman–Crippen MR) is 57.6 cm³/mol. The van der Waals surface area contributed by atoms with E-state index in [1.807, 2.05) is 6.07 Å². The van der Waals surface area contributed by atoms with Crippen molar-refractivity contribution in [2.45, 2.75) is 6.92 Å². The molecule has 0 aliphatic rings. The SMILES string of the molecule is Cc1c([N+](=O)[O-])ccc(C#N)c1C(=O)CCl. The molecule has 16 heavy (non-hydrogen) atoms. The van der Waals surface area contributed by atoms with E-state index in [9.17, 15) is 14.9 Å². The molecule has 0 heterocycles. The van der Waals surface area contributed by atoms with Gasteiger partial charge in [0.25, 0.3) is 5.69 Å². The molecule has 0 fully saturated rings. The number of nitro groups is 1. The summed E-state index contributed by atoms with van der Waals surface area (Å²) in [5.74, 6) is -0.795. The van der Waals surface area contributed by atoms with Gasteiger partial charge >= 0.3 is 0 Å². The maximum absolute atomic E-state index is 11.5. The van der Waals surface area contributed by atoms with Gasteiger partial charge < -0.3 is 0 Å². The molecule has 0 aromatic heterocycles. The van der Waals surface area contributed by atoms with Crippen molar-refractivity contribution in [3.05, 3.63) is 38.9 Å². The molecule has 0 amide bonds. The highest BCUT2D eigenvalue weighted by Crippen LogP contribution is 2.25. The highest BCUT2D eigenvalue weighted by molar-refractivity contribution is 6.31. The van der Waals surface area contributed by atoms with E-state index in [4.69, 9.17) is 16.9 Å². The van der Waals surface area contributed by atoms with Crippen molar-refractivity contribution in [3.63, 3.8) is 0 Å². The van der Waals surface area contributed by atoms with E-state index in [1.54, 1.807) is 0 Å². The number of nitro benzene ring substituents is 1. The van der Waals surface area contributed by atoms with Crippen LogP contribution in [0.5, 0.6) is 0 Å². The predicted octanol–water partition coefficient (Wildman–Crippen LogP) is 2.20. The molecule has 0 saturated carbocycles. The van der Waals surface area contributed by atoms with Gasteiger partial charge in [-0.3, -0.25) is 14.9 Å². The van der Waals surface area contributed by atoms with Gasteiger partial charge in [0.05, 0.1) is 22.4 Å². The van der Waals surface area contributed by atoms with E-state index in [-0.39, 0.29) is 28.3 Å². The molecule has 0 unspecified atom stereocenters. The summed E-state index contributed by atoms with van der Waals surface area (Å²) >= 11 is 5.39. The van der Waals surface area contributed by atoms with Crippen molar-refractivity contribution >= 4 is 23.1 Å². The van der Waals surface area contributed by atoms with Crippen LogP contribution < -0.4 is 0 Å². The Morgan fingerprint density at radius 3 is 2.69 bits per heavy atom. The summed E-state index contributed by atoms with van der Waals surface area (Å²) in [6, 6.07) is 4.28. The molecule has 0 bridgehead atoms. The zero-order valence-corrected chi connectivity index (χ0v) is 9.11. The van der Waals surface area contributed by atoms with Crippen LogP contribution in [-0.4, -0.2) is 16.6 Å². The number of hydrogen-bond donors (Lipinski definition) is 0. The Morgan fingerprint density at radius 2 is 2.25 bits per heavy atom. The van der Waals surface area contributed by atoms with E-state index in [0.29, 0.717) is 0 Å². The van der Waals surface area contributed by atoms with E-state index in [0.717, 1.165) is 0 Å². The number of Topliss-reactive ketones (excluding diaryl/α,β-unsaturated/α-hetero) is 1. The first kappa shape index (κ1) is 12.1. The maximum Gasteiger partial charge on any atom is 0.273 e. The number of carbonyl (C=O) groups is 1. The van der Waals surface area contributed by atoms with Crippen LogP contribution in [0, 0.1) is 28.4 Å². The molecule has 6 heteroatoms. The van der Waals surface area contributed by atoms with Crippen molar-refractivity contribution in [1.82, 2.24) is 0 Å². The third-order valence-corrected chi connectivity index (χ3v) is 2.40. The monoisotopic (exact) mass is 238 g/mol. The Bertz CT molecular complexity index is 506. The Labute approximate surface area is 96.4 Å². The topological polar surface area (TPSA) is 84.0 Å². The van der Waals surface area contributed by atoms with E-state index < -0.39 is 10.7 Å². The highest BCUT2D eigenvalue weighted by Gasteiger charge is 2.21. The normalized spacial score (nSPS) is 9.56. The smallest absolute Gasteiger partial charge is 0.273 e. The van der Waals surface area contributed by atoms with Crippen LogP contribution in [0.2, 0.25) is 0 Å². The molecule has 0 radical (unpaired) electrons. The lowest BCUT2D eigenvalue weighted by Gasteiger charge is -2.05. The molecular weight excluding hydrogens is 232 g/mol. The van der Waals surface area contributed by atoms with Crippen molar-refractivity contribution < 1.29 is 9.72 Å². The summed E-state index contributed by atoms with van der Waals surface area (Å²) in [7, 11) is 0. The van der Waals surface area contributed by atoms with Gasteiger partial charge in [0.2, 0.25) is 0 Å². The molecule has 1 aromatic rings. The molecule has 0 atom stereocenters. The average molecular weight is 239 g/mol. The minimum Gasteiger partial charge on any atom is -0.293 e. The van der Waals surface area contributed by atoms with Gasteiger partial charge in [0.1, 0.15) is 0 Å². The van der Waals surface area contributed by atoms with Gasteiger partial charge in [-0.25, -0.2) is 0 Å². The van der Waals surface area contributed by atoms with Crippen LogP contribution in [0.3, 0.4) is 0 Å². The van der Waals surface area contributed by atoms with Gasteiger partial charge in [-0.05, 0) is 13.0 Å². The fourth-order valence-electron chi connectivity index (χ4n) is 1.42. The largest absolute Gasteiger partial charge is 0.293 e. The minimum atomic E-state index is -0.596. The Morgan fingerprint density at radius 1 is 1.62 bits per heavy atom. The van der Waals surface area contributed by atoms with E-state index >= 15 is 0 Å². The Balaban J connectivity index is 3.54. The summed E-state index contributed by atoms with van der Waals surface area (Å²) in [4.78, 5) is 21.6. The molecule has 0 aliphatic heterocycles. The molecule has 1 rings (SSSR count). The van der Waals surface area contributed by atoms with Crippen LogP contribution in [0.1, 0.15) is 21.5 Å². The first-order valence-electron chi connectivity index (χ1n) is 4.30. The fraction of sp³-hybridized carbons (Fsp3) is 0.200. The van der Waals surface area contributed by atoms with Crippen molar-refractivity contribution in [1.29, 1.82) is 5.26 Å². The van der Waals surface area contributed by atoms with Crippen LogP contribution in [0.4, 0.5) is 5.69 Å². The van der Waals surface area contributed by atoms with E-state index in [2.05, 4.69) is 0 Å². The van der Waals surface area contributed by atoms with Crippen molar-refractivity contribution in [2.75, 3.05) is 5.88 Å².